The molecule has 2 aromatic rings. The maximum atomic E-state index is 13.0. The van der Waals surface area contributed by atoms with Gasteiger partial charge in [-0.15, -0.1) is 0 Å². The van der Waals surface area contributed by atoms with Gasteiger partial charge in [0.15, 0.2) is 0 Å². The molecule has 6 nitrogen and oxygen atoms in total. The summed E-state index contributed by atoms with van der Waals surface area (Å²) in [4.78, 5) is 29.8. The Morgan fingerprint density at radius 3 is 2.26 bits per heavy atom. The first-order valence-corrected chi connectivity index (χ1v) is 10.7. The van der Waals surface area contributed by atoms with Gasteiger partial charge >= 0.3 is 0 Å². The standard InChI is InChI=1S/C25H30N2O4/c1-4-26(5-2)16-9-17-27-22(18-12-14-20(31-3)15-13-18)21(24(29)25(27)30)23(28)19-10-7-6-8-11-19/h6-8,10-15,22,28H,4-5,9,16-17H2,1-3H3/b23-21+/t22-/m0/s1. The van der Waals surface area contributed by atoms with Crippen molar-refractivity contribution >= 4 is 17.4 Å². The largest absolute Gasteiger partial charge is 0.507 e. The number of likely N-dealkylation sites (tertiary alicyclic amines) is 1. The summed E-state index contributed by atoms with van der Waals surface area (Å²) < 4.78 is 5.25. The lowest BCUT2D eigenvalue weighted by atomic mass is 9.95. The summed E-state index contributed by atoms with van der Waals surface area (Å²) >= 11 is 0. The summed E-state index contributed by atoms with van der Waals surface area (Å²) in [5.74, 6) is -0.681. The summed E-state index contributed by atoms with van der Waals surface area (Å²) in [5.41, 5.74) is 1.41. The lowest BCUT2D eigenvalue weighted by molar-refractivity contribution is -0.140. The van der Waals surface area contributed by atoms with Crippen molar-refractivity contribution in [1.82, 2.24) is 9.80 Å². The lowest BCUT2D eigenvalue weighted by Gasteiger charge is -2.27. The van der Waals surface area contributed by atoms with Crippen molar-refractivity contribution < 1.29 is 19.4 Å². The monoisotopic (exact) mass is 422 g/mol. The number of amides is 1. The molecule has 0 unspecified atom stereocenters. The van der Waals surface area contributed by atoms with E-state index in [4.69, 9.17) is 4.74 Å². The van der Waals surface area contributed by atoms with Crippen LogP contribution in [0.5, 0.6) is 5.75 Å². The topological polar surface area (TPSA) is 70.1 Å². The Bertz CT molecular complexity index is 934. The van der Waals surface area contributed by atoms with E-state index in [2.05, 4.69) is 18.7 Å². The molecule has 3 rings (SSSR count). The highest BCUT2D eigenvalue weighted by molar-refractivity contribution is 6.46. The van der Waals surface area contributed by atoms with Gasteiger partial charge in [-0.2, -0.15) is 0 Å². The van der Waals surface area contributed by atoms with Crippen molar-refractivity contribution in [2.75, 3.05) is 33.3 Å². The van der Waals surface area contributed by atoms with Gasteiger partial charge in [-0.1, -0.05) is 56.3 Å². The fourth-order valence-corrected chi connectivity index (χ4v) is 4.00. The second-order valence-electron chi connectivity index (χ2n) is 7.51. The molecule has 31 heavy (non-hydrogen) atoms. The lowest BCUT2D eigenvalue weighted by Crippen LogP contribution is -2.33. The number of aliphatic hydroxyl groups excluding tert-OH is 1. The summed E-state index contributed by atoms with van der Waals surface area (Å²) in [6.07, 6.45) is 0.743. The predicted octanol–water partition coefficient (Wildman–Crippen LogP) is 3.85. The van der Waals surface area contributed by atoms with E-state index in [1.165, 1.54) is 0 Å². The van der Waals surface area contributed by atoms with Gasteiger partial charge in [0.2, 0.25) is 0 Å². The SMILES string of the molecule is CCN(CC)CCCN1C(=O)C(=O)/C(=C(/O)c2ccccc2)[C@@H]1c1ccc(OC)cc1. The Hall–Kier alpha value is -3.12. The third kappa shape index (κ3) is 4.80. The van der Waals surface area contributed by atoms with Crippen LogP contribution in [0.25, 0.3) is 5.76 Å². The molecule has 1 heterocycles. The Balaban J connectivity index is 2.00. The van der Waals surface area contributed by atoms with Crippen molar-refractivity contribution in [2.24, 2.45) is 0 Å². The van der Waals surface area contributed by atoms with Crippen LogP contribution in [0.4, 0.5) is 0 Å². The third-order valence-electron chi connectivity index (χ3n) is 5.79. The van der Waals surface area contributed by atoms with Gasteiger partial charge < -0.3 is 19.6 Å². The van der Waals surface area contributed by atoms with Crippen molar-refractivity contribution in [1.29, 1.82) is 0 Å². The summed E-state index contributed by atoms with van der Waals surface area (Å²) in [7, 11) is 1.59. The molecule has 1 atom stereocenters. The number of Topliss-reactive ketones (excluding diaryl/α,β-unsaturated/α-hetero) is 1. The first-order valence-electron chi connectivity index (χ1n) is 10.7. The van der Waals surface area contributed by atoms with E-state index in [0.29, 0.717) is 17.9 Å². The van der Waals surface area contributed by atoms with Crippen molar-refractivity contribution in [2.45, 2.75) is 26.3 Å². The summed E-state index contributed by atoms with van der Waals surface area (Å²) in [5, 5.41) is 11.0. The number of ketones is 1. The molecule has 0 saturated carbocycles. The molecule has 1 saturated heterocycles. The minimum absolute atomic E-state index is 0.129. The maximum absolute atomic E-state index is 13.0. The number of carbonyl (C=O) groups excluding carboxylic acids is 2. The highest BCUT2D eigenvalue weighted by atomic mass is 16.5. The Kier molecular flexibility index (Phi) is 7.47. The quantitative estimate of drug-likeness (QED) is 0.378. The van der Waals surface area contributed by atoms with Gasteiger partial charge in [0.25, 0.3) is 11.7 Å². The molecule has 1 fully saturated rings. The van der Waals surface area contributed by atoms with Gasteiger partial charge in [0, 0.05) is 12.1 Å². The minimum Gasteiger partial charge on any atom is -0.507 e. The molecule has 1 aliphatic rings. The van der Waals surface area contributed by atoms with Crippen LogP contribution in [0.2, 0.25) is 0 Å². The van der Waals surface area contributed by atoms with E-state index >= 15 is 0 Å². The van der Waals surface area contributed by atoms with Gasteiger partial charge in [-0.25, -0.2) is 0 Å². The van der Waals surface area contributed by atoms with E-state index in [9.17, 15) is 14.7 Å². The molecule has 0 aromatic heterocycles. The van der Waals surface area contributed by atoms with E-state index in [0.717, 1.165) is 31.6 Å². The van der Waals surface area contributed by atoms with Crippen LogP contribution in [0.1, 0.15) is 37.4 Å². The Morgan fingerprint density at radius 2 is 1.68 bits per heavy atom. The van der Waals surface area contributed by atoms with Crippen LogP contribution in [0.15, 0.2) is 60.2 Å². The van der Waals surface area contributed by atoms with Crippen LogP contribution in [0.3, 0.4) is 0 Å². The van der Waals surface area contributed by atoms with Gasteiger partial charge in [-0.05, 0) is 43.8 Å². The van der Waals surface area contributed by atoms with E-state index < -0.39 is 17.7 Å². The zero-order valence-corrected chi connectivity index (χ0v) is 18.4. The zero-order valence-electron chi connectivity index (χ0n) is 18.4. The van der Waals surface area contributed by atoms with Crippen LogP contribution in [-0.2, 0) is 9.59 Å². The third-order valence-corrected chi connectivity index (χ3v) is 5.79. The Labute approximate surface area is 183 Å². The van der Waals surface area contributed by atoms with Gasteiger partial charge in [0.1, 0.15) is 11.5 Å². The molecule has 1 aliphatic heterocycles. The average molecular weight is 423 g/mol. The molecule has 6 heteroatoms. The van der Waals surface area contributed by atoms with Crippen molar-refractivity contribution in [3.8, 4) is 5.75 Å². The number of rotatable bonds is 9. The molecule has 0 spiro atoms. The van der Waals surface area contributed by atoms with Crippen LogP contribution in [-0.4, -0.2) is 59.9 Å². The number of nitrogens with zero attached hydrogens (tertiary/aromatic N) is 2. The number of benzene rings is 2. The minimum atomic E-state index is -0.648. The smallest absolute Gasteiger partial charge is 0.295 e. The molecule has 164 valence electrons. The molecule has 0 aliphatic carbocycles. The van der Waals surface area contributed by atoms with Gasteiger partial charge in [0.05, 0.1) is 18.7 Å². The second kappa shape index (κ2) is 10.3. The molecular formula is C25H30N2O4. The molecule has 2 aromatic carbocycles. The number of hydrogen-bond donors (Lipinski definition) is 1. The molecule has 0 bridgehead atoms. The second-order valence-corrected chi connectivity index (χ2v) is 7.51. The highest BCUT2D eigenvalue weighted by Crippen LogP contribution is 2.39. The van der Waals surface area contributed by atoms with E-state index in [1.807, 2.05) is 18.2 Å². The number of carbonyl (C=O) groups is 2. The van der Waals surface area contributed by atoms with Crippen LogP contribution in [0, 0.1) is 0 Å². The number of ether oxygens (including phenoxy) is 1. The summed E-state index contributed by atoms with van der Waals surface area (Å²) in [6.45, 7) is 7.35. The first kappa shape index (κ1) is 22.6. The van der Waals surface area contributed by atoms with Gasteiger partial charge in [-0.3, -0.25) is 9.59 Å². The maximum Gasteiger partial charge on any atom is 0.295 e. The van der Waals surface area contributed by atoms with Crippen LogP contribution >= 0.6 is 0 Å². The number of hydrogen-bond acceptors (Lipinski definition) is 5. The molecule has 1 N–H and O–H groups in total. The van der Waals surface area contributed by atoms with Crippen molar-refractivity contribution in [3.63, 3.8) is 0 Å². The predicted molar refractivity (Wildman–Crippen MR) is 121 cm³/mol. The van der Waals surface area contributed by atoms with Crippen molar-refractivity contribution in [3.05, 3.63) is 71.3 Å². The number of aliphatic hydroxyl groups is 1. The Morgan fingerprint density at radius 1 is 1.03 bits per heavy atom. The van der Waals surface area contributed by atoms with E-state index in [1.54, 1.807) is 48.4 Å². The molecule has 0 radical (unpaired) electrons. The fraction of sp³-hybridized carbons (Fsp3) is 0.360. The number of methoxy groups -OCH3 is 1. The van der Waals surface area contributed by atoms with E-state index in [-0.39, 0.29) is 11.3 Å². The van der Waals surface area contributed by atoms with Crippen LogP contribution < -0.4 is 4.74 Å². The first-order chi connectivity index (χ1) is 15.0. The summed E-state index contributed by atoms with van der Waals surface area (Å²) in [6, 6.07) is 15.5. The fourth-order valence-electron chi connectivity index (χ4n) is 4.00. The molecule has 1 amide bonds. The highest BCUT2D eigenvalue weighted by Gasteiger charge is 2.45. The average Bonchev–Trinajstić information content (AvgIpc) is 3.07. The normalized spacial score (nSPS) is 18.1. The molecular weight excluding hydrogens is 392 g/mol. The zero-order chi connectivity index (χ0) is 22.4.